The second-order valence-electron chi connectivity index (χ2n) is 5.86. The maximum absolute atomic E-state index is 10.3. The van der Waals surface area contributed by atoms with E-state index in [-0.39, 0.29) is 6.10 Å². The topological polar surface area (TPSA) is 23.5 Å². The van der Waals surface area contributed by atoms with Gasteiger partial charge in [-0.3, -0.25) is 0 Å². The summed E-state index contributed by atoms with van der Waals surface area (Å²) >= 11 is 3.66. The summed E-state index contributed by atoms with van der Waals surface area (Å²) in [6.07, 6.45) is 4.46. The quantitative estimate of drug-likeness (QED) is 0.754. The Kier molecular flexibility index (Phi) is 6.88. The van der Waals surface area contributed by atoms with Gasteiger partial charge in [-0.05, 0) is 56.0 Å². The van der Waals surface area contributed by atoms with E-state index in [0.29, 0.717) is 0 Å². The molecule has 0 spiro atoms. The zero-order valence-corrected chi connectivity index (χ0v) is 14.3. The van der Waals surface area contributed by atoms with Gasteiger partial charge in [0.1, 0.15) is 0 Å². The molecule has 2 heterocycles. The molecule has 0 saturated carbocycles. The van der Waals surface area contributed by atoms with Gasteiger partial charge < -0.3 is 10.0 Å². The van der Waals surface area contributed by atoms with E-state index in [1.807, 2.05) is 11.8 Å². The normalized spacial score (nSPS) is 22.1. The van der Waals surface area contributed by atoms with Crippen molar-refractivity contribution in [1.82, 2.24) is 4.90 Å². The lowest BCUT2D eigenvalue weighted by Gasteiger charge is -2.31. The van der Waals surface area contributed by atoms with Gasteiger partial charge in [-0.25, -0.2) is 0 Å². The zero-order chi connectivity index (χ0) is 14.4. The zero-order valence-electron chi connectivity index (χ0n) is 12.7. The molecule has 1 fully saturated rings. The Labute approximate surface area is 131 Å². The molecule has 0 bridgehead atoms. The first kappa shape index (κ1) is 16.3. The molecule has 2 nitrogen and oxygen atoms in total. The minimum absolute atomic E-state index is 0.284. The third kappa shape index (κ3) is 5.06. The minimum Gasteiger partial charge on any atom is -0.388 e. The molecular formula is C16H27NOS2. The van der Waals surface area contributed by atoms with Crippen LogP contribution in [-0.4, -0.2) is 35.4 Å². The van der Waals surface area contributed by atoms with Crippen molar-refractivity contribution >= 4 is 23.1 Å². The van der Waals surface area contributed by atoms with Gasteiger partial charge in [0, 0.05) is 18.0 Å². The molecule has 2 unspecified atom stereocenters. The molecule has 4 heteroatoms. The van der Waals surface area contributed by atoms with Crippen LogP contribution in [0.5, 0.6) is 0 Å². The summed E-state index contributed by atoms with van der Waals surface area (Å²) in [5.74, 6) is 1.99. The summed E-state index contributed by atoms with van der Waals surface area (Å²) < 4.78 is 1.34. The number of piperidine rings is 1. The summed E-state index contributed by atoms with van der Waals surface area (Å²) in [6, 6.07) is 4.26. The molecule has 1 aromatic rings. The molecule has 1 aromatic heterocycles. The molecule has 2 rings (SSSR count). The Morgan fingerprint density at radius 3 is 3.10 bits per heavy atom. The van der Waals surface area contributed by atoms with Crippen LogP contribution in [0.15, 0.2) is 16.3 Å². The van der Waals surface area contributed by atoms with Crippen LogP contribution in [0.3, 0.4) is 0 Å². The average molecular weight is 314 g/mol. The van der Waals surface area contributed by atoms with Gasteiger partial charge in [0.05, 0.1) is 10.3 Å². The SMILES string of the molecule is CCCSc1ccc(C(O)CCN2CCCC(C)C2)s1. The Hall–Kier alpha value is -0.0300. The highest BCUT2D eigenvalue weighted by atomic mass is 32.2. The lowest BCUT2D eigenvalue weighted by Crippen LogP contribution is -2.35. The monoisotopic (exact) mass is 313 g/mol. The molecule has 2 atom stereocenters. The predicted octanol–water partition coefficient (Wildman–Crippen LogP) is 4.41. The van der Waals surface area contributed by atoms with E-state index in [0.717, 1.165) is 23.8 Å². The molecule has 1 saturated heterocycles. The van der Waals surface area contributed by atoms with Gasteiger partial charge in [0.15, 0.2) is 0 Å². The number of hydrogen-bond acceptors (Lipinski definition) is 4. The molecule has 0 radical (unpaired) electrons. The fraction of sp³-hybridized carbons (Fsp3) is 0.750. The van der Waals surface area contributed by atoms with E-state index < -0.39 is 0 Å². The smallest absolute Gasteiger partial charge is 0.0894 e. The molecular weight excluding hydrogens is 286 g/mol. The fourth-order valence-electron chi connectivity index (χ4n) is 2.73. The first-order valence-corrected chi connectivity index (χ1v) is 9.62. The number of nitrogens with zero attached hydrogens (tertiary/aromatic N) is 1. The lowest BCUT2D eigenvalue weighted by molar-refractivity contribution is 0.124. The van der Waals surface area contributed by atoms with Crippen LogP contribution in [0.4, 0.5) is 0 Å². The van der Waals surface area contributed by atoms with Crippen LogP contribution in [-0.2, 0) is 0 Å². The van der Waals surface area contributed by atoms with Gasteiger partial charge in [-0.15, -0.1) is 23.1 Å². The third-order valence-corrected chi connectivity index (χ3v) is 6.46. The van der Waals surface area contributed by atoms with Crippen molar-refractivity contribution in [3.05, 3.63) is 17.0 Å². The van der Waals surface area contributed by atoms with Gasteiger partial charge >= 0.3 is 0 Å². The van der Waals surface area contributed by atoms with Crippen LogP contribution >= 0.6 is 23.1 Å². The van der Waals surface area contributed by atoms with Crippen LogP contribution in [0, 0.1) is 5.92 Å². The van der Waals surface area contributed by atoms with Crippen molar-refractivity contribution in [2.75, 3.05) is 25.4 Å². The average Bonchev–Trinajstić information content (AvgIpc) is 2.91. The van der Waals surface area contributed by atoms with E-state index >= 15 is 0 Å². The summed E-state index contributed by atoms with van der Waals surface area (Å²) in [6.45, 7) is 7.98. The number of hydrogen-bond donors (Lipinski definition) is 1. The molecule has 20 heavy (non-hydrogen) atoms. The van der Waals surface area contributed by atoms with Crippen LogP contribution in [0.2, 0.25) is 0 Å². The molecule has 0 amide bonds. The van der Waals surface area contributed by atoms with Crippen LogP contribution in [0.25, 0.3) is 0 Å². The Balaban J connectivity index is 1.76. The number of thiophene rings is 1. The van der Waals surface area contributed by atoms with Crippen molar-refractivity contribution in [2.24, 2.45) is 5.92 Å². The standard InChI is InChI=1S/C16H27NOS2/c1-3-11-19-16-7-6-15(20-16)14(18)8-10-17-9-4-5-13(2)12-17/h6-7,13-14,18H,3-5,8-12H2,1-2H3. The van der Waals surface area contributed by atoms with Crippen molar-refractivity contribution in [1.29, 1.82) is 0 Å². The summed E-state index contributed by atoms with van der Waals surface area (Å²) in [5.41, 5.74) is 0. The van der Waals surface area contributed by atoms with E-state index in [4.69, 9.17) is 0 Å². The minimum atomic E-state index is -0.284. The Bertz CT molecular complexity index is 394. The van der Waals surface area contributed by atoms with E-state index in [2.05, 4.69) is 30.9 Å². The lowest BCUT2D eigenvalue weighted by atomic mass is 10.00. The molecule has 114 valence electrons. The van der Waals surface area contributed by atoms with E-state index in [9.17, 15) is 5.11 Å². The highest BCUT2D eigenvalue weighted by Crippen LogP contribution is 2.32. The van der Waals surface area contributed by atoms with Gasteiger partial charge in [-0.2, -0.15) is 0 Å². The maximum atomic E-state index is 10.3. The largest absolute Gasteiger partial charge is 0.388 e. The van der Waals surface area contributed by atoms with Gasteiger partial charge in [0.25, 0.3) is 0 Å². The first-order chi connectivity index (χ1) is 9.69. The Morgan fingerprint density at radius 2 is 2.35 bits per heavy atom. The van der Waals surface area contributed by atoms with Crippen molar-refractivity contribution in [3.63, 3.8) is 0 Å². The first-order valence-electron chi connectivity index (χ1n) is 7.82. The number of aliphatic hydroxyl groups is 1. The van der Waals surface area contributed by atoms with E-state index in [1.165, 1.54) is 42.3 Å². The highest BCUT2D eigenvalue weighted by Gasteiger charge is 2.18. The van der Waals surface area contributed by atoms with Crippen LogP contribution in [0.1, 0.15) is 50.5 Å². The van der Waals surface area contributed by atoms with Gasteiger partial charge in [0.2, 0.25) is 0 Å². The van der Waals surface area contributed by atoms with Gasteiger partial charge in [-0.1, -0.05) is 13.8 Å². The van der Waals surface area contributed by atoms with Crippen molar-refractivity contribution < 1.29 is 5.11 Å². The second kappa shape index (κ2) is 8.42. The number of likely N-dealkylation sites (tertiary alicyclic amines) is 1. The molecule has 0 aliphatic carbocycles. The number of rotatable bonds is 7. The van der Waals surface area contributed by atoms with Crippen LogP contribution < -0.4 is 0 Å². The number of thioether (sulfide) groups is 1. The summed E-state index contributed by atoms with van der Waals surface area (Å²) in [7, 11) is 0. The summed E-state index contributed by atoms with van der Waals surface area (Å²) in [5, 5.41) is 10.3. The van der Waals surface area contributed by atoms with Crippen molar-refractivity contribution in [2.45, 2.75) is 49.8 Å². The maximum Gasteiger partial charge on any atom is 0.0894 e. The number of aliphatic hydroxyl groups excluding tert-OH is 1. The molecule has 1 aliphatic heterocycles. The van der Waals surface area contributed by atoms with Crippen molar-refractivity contribution in [3.8, 4) is 0 Å². The molecule has 1 aliphatic rings. The third-order valence-electron chi connectivity index (χ3n) is 3.84. The second-order valence-corrected chi connectivity index (χ2v) is 8.37. The predicted molar refractivity (Wildman–Crippen MR) is 89.7 cm³/mol. The molecule has 0 aromatic carbocycles. The Morgan fingerprint density at radius 1 is 1.50 bits per heavy atom. The fourth-order valence-corrected chi connectivity index (χ4v) is 4.83. The highest BCUT2D eigenvalue weighted by molar-refractivity contribution is 8.01. The molecule has 1 N–H and O–H groups in total. The van der Waals surface area contributed by atoms with E-state index in [1.54, 1.807) is 11.3 Å². The summed E-state index contributed by atoms with van der Waals surface area (Å²) in [4.78, 5) is 3.64.